The third-order valence-electron chi connectivity index (χ3n) is 2.66. The number of aromatic nitrogens is 1. The van der Waals surface area contributed by atoms with Crippen molar-refractivity contribution in [3.63, 3.8) is 0 Å². The van der Waals surface area contributed by atoms with Crippen LogP contribution >= 0.6 is 0 Å². The zero-order chi connectivity index (χ0) is 10.7. The van der Waals surface area contributed by atoms with Gasteiger partial charge in [-0.05, 0) is 38.1 Å². The smallest absolute Gasteiger partial charge is 0.337 e. The predicted octanol–water partition coefficient (Wildman–Crippen LogP) is 1.38. The summed E-state index contributed by atoms with van der Waals surface area (Å²) in [7, 11) is 0. The second kappa shape index (κ2) is 4.40. The Morgan fingerprint density at radius 3 is 2.67 bits per heavy atom. The van der Waals surface area contributed by atoms with E-state index >= 15 is 0 Å². The highest BCUT2D eigenvalue weighted by atomic mass is 16.4. The number of carbonyl (C=O) groups is 1. The number of likely N-dealkylation sites (tertiary alicyclic amines) is 1. The molecule has 0 spiro atoms. The SMILES string of the molecule is O=C(O)c1ccc(CN2CCCC2)nc1. The number of nitrogens with zero attached hydrogens (tertiary/aromatic N) is 2. The lowest BCUT2D eigenvalue weighted by Crippen LogP contribution is -2.19. The summed E-state index contributed by atoms with van der Waals surface area (Å²) in [6, 6.07) is 3.41. The summed E-state index contributed by atoms with van der Waals surface area (Å²) in [4.78, 5) is 17.1. The van der Waals surface area contributed by atoms with E-state index in [1.165, 1.54) is 19.0 Å². The minimum atomic E-state index is -0.921. The molecule has 80 valence electrons. The third-order valence-corrected chi connectivity index (χ3v) is 2.66. The van der Waals surface area contributed by atoms with Gasteiger partial charge in [0, 0.05) is 12.7 Å². The Hall–Kier alpha value is -1.42. The molecule has 0 saturated carbocycles. The highest BCUT2D eigenvalue weighted by Crippen LogP contribution is 2.11. The summed E-state index contributed by atoms with van der Waals surface area (Å²) < 4.78 is 0. The molecule has 0 aromatic carbocycles. The van der Waals surface area contributed by atoms with Gasteiger partial charge in [0.2, 0.25) is 0 Å². The van der Waals surface area contributed by atoms with Gasteiger partial charge in [-0.3, -0.25) is 9.88 Å². The lowest BCUT2D eigenvalue weighted by molar-refractivity contribution is 0.0696. The Bertz CT molecular complexity index is 342. The van der Waals surface area contributed by atoms with E-state index in [1.54, 1.807) is 12.1 Å². The predicted molar refractivity (Wildman–Crippen MR) is 55.7 cm³/mol. The van der Waals surface area contributed by atoms with Crippen LogP contribution in [-0.2, 0) is 6.54 Å². The average Bonchev–Trinajstić information content (AvgIpc) is 2.71. The quantitative estimate of drug-likeness (QED) is 0.811. The molecule has 4 nitrogen and oxygen atoms in total. The first-order chi connectivity index (χ1) is 7.25. The van der Waals surface area contributed by atoms with Crippen LogP contribution in [0.2, 0.25) is 0 Å². The normalized spacial score (nSPS) is 16.8. The molecule has 4 heteroatoms. The number of carboxylic acids is 1. The van der Waals surface area contributed by atoms with E-state index < -0.39 is 5.97 Å². The summed E-state index contributed by atoms with van der Waals surface area (Å²) in [6.07, 6.45) is 3.94. The van der Waals surface area contributed by atoms with Crippen LogP contribution in [0.3, 0.4) is 0 Å². The molecule has 1 aliphatic rings. The Balaban J connectivity index is 2.00. The van der Waals surface area contributed by atoms with Crippen LogP contribution in [0.15, 0.2) is 18.3 Å². The first-order valence-corrected chi connectivity index (χ1v) is 5.16. The molecule has 1 N–H and O–H groups in total. The van der Waals surface area contributed by atoms with Crippen LogP contribution in [-0.4, -0.2) is 34.0 Å². The summed E-state index contributed by atoms with van der Waals surface area (Å²) in [6.45, 7) is 3.09. The lowest BCUT2D eigenvalue weighted by Gasteiger charge is -2.13. The average molecular weight is 206 g/mol. The Morgan fingerprint density at radius 1 is 1.40 bits per heavy atom. The molecule has 0 unspecified atom stereocenters. The molecule has 0 bridgehead atoms. The Labute approximate surface area is 88.6 Å². The van der Waals surface area contributed by atoms with Crippen LogP contribution < -0.4 is 0 Å². The number of hydrogen-bond donors (Lipinski definition) is 1. The van der Waals surface area contributed by atoms with Gasteiger partial charge in [-0.25, -0.2) is 4.79 Å². The molecule has 1 fully saturated rings. The highest BCUT2D eigenvalue weighted by molar-refractivity contribution is 5.87. The molecule has 1 aromatic rings. The van der Waals surface area contributed by atoms with Crippen molar-refractivity contribution in [3.05, 3.63) is 29.6 Å². The van der Waals surface area contributed by atoms with Crippen molar-refractivity contribution in [3.8, 4) is 0 Å². The van der Waals surface area contributed by atoms with Gasteiger partial charge < -0.3 is 5.11 Å². The molecular weight excluding hydrogens is 192 g/mol. The fourth-order valence-electron chi connectivity index (χ4n) is 1.81. The monoisotopic (exact) mass is 206 g/mol. The molecule has 0 atom stereocenters. The molecule has 0 amide bonds. The van der Waals surface area contributed by atoms with Crippen LogP contribution in [0.5, 0.6) is 0 Å². The summed E-state index contributed by atoms with van der Waals surface area (Å²) >= 11 is 0. The lowest BCUT2D eigenvalue weighted by atomic mass is 10.2. The van der Waals surface area contributed by atoms with Gasteiger partial charge in [-0.2, -0.15) is 0 Å². The van der Waals surface area contributed by atoms with Gasteiger partial charge >= 0.3 is 5.97 Å². The number of pyridine rings is 1. The zero-order valence-electron chi connectivity index (χ0n) is 8.52. The van der Waals surface area contributed by atoms with Gasteiger partial charge in [0.05, 0.1) is 11.3 Å². The number of aromatic carboxylic acids is 1. The second-order valence-electron chi connectivity index (χ2n) is 3.83. The van der Waals surface area contributed by atoms with E-state index in [0.29, 0.717) is 0 Å². The zero-order valence-corrected chi connectivity index (χ0v) is 8.52. The Morgan fingerprint density at radius 2 is 2.13 bits per heavy atom. The maximum atomic E-state index is 10.6. The van der Waals surface area contributed by atoms with Crippen molar-refractivity contribution in [2.24, 2.45) is 0 Å². The van der Waals surface area contributed by atoms with Gasteiger partial charge in [-0.1, -0.05) is 0 Å². The van der Waals surface area contributed by atoms with Gasteiger partial charge in [-0.15, -0.1) is 0 Å². The standard InChI is InChI=1S/C11H14N2O2/c14-11(15)9-3-4-10(12-7-9)8-13-5-1-2-6-13/h3-4,7H,1-2,5-6,8H2,(H,14,15). The van der Waals surface area contributed by atoms with Crippen molar-refractivity contribution >= 4 is 5.97 Å². The molecule has 0 radical (unpaired) electrons. The van der Waals surface area contributed by atoms with Crippen molar-refractivity contribution < 1.29 is 9.90 Å². The molecular formula is C11H14N2O2. The summed E-state index contributed by atoms with van der Waals surface area (Å²) in [5.74, 6) is -0.921. The van der Waals surface area contributed by atoms with Crippen molar-refractivity contribution in [2.75, 3.05) is 13.1 Å². The van der Waals surface area contributed by atoms with Crippen LogP contribution in [0.1, 0.15) is 28.9 Å². The van der Waals surface area contributed by atoms with E-state index in [-0.39, 0.29) is 5.56 Å². The third kappa shape index (κ3) is 2.53. The van der Waals surface area contributed by atoms with Gasteiger partial charge in [0.1, 0.15) is 0 Å². The highest BCUT2D eigenvalue weighted by Gasteiger charge is 2.12. The minimum absolute atomic E-state index is 0.250. The molecule has 1 saturated heterocycles. The van der Waals surface area contributed by atoms with E-state index in [0.717, 1.165) is 25.3 Å². The van der Waals surface area contributed by atoms with E-state index in [1.807, 2.05) is 0 Å². The fraction of sp³-hybridized carbons (Fsp3) is 0.455. The van der Waals surface area contributed by atoms with E-state index in [9.17, 15) is 4.79 Å². The fourth-order valence-corrected chi connectivity index (χ4v) is 1.81. The maximum Gasteiger partial charge on any atom is 0.337 e. The molecule has 0 aliphatic carbocycles. The number of hydrogen-bond acceptors (Lipinski definition) is 3. The first kappa shape index (κ1) is 10.1. The largest absolute Gasteiger partial charge is 0.478 e. The topological polar surface area (TPSA) is 53.4 Å². The van der Waals surface area contributed by atoms with Crippen LogP contribution in [0, 0.1) is 0 Å². The van der Waals surface area contributed by atoms with Gasteiger partial charge in [0.15, 0.2) is 0 Å². The summed E-state index contributed by atoms with van der Waals surface area (Å²) in [5, 5.41) is 8.71. The van der Waals surface area contributed by atoms with Gasteiger partial charge in [0.25, 0.3) is 0 Å². The maximum absolute atomic E-state index is 10.6. The Kier molecular flexibility index (Phi) is 2.97. The number of carboxylic acid groups (broad SMARTS) is 1. The van der Waals surface area contributed by atoms with Crippen LogP contribution in [0.25, 0.3) is 0 Å². The number of rotatable bonds is 3. The van der Waals surface area contributed by atoms with Crippen molar-refractivity contribution in [2.45, 2.75) is 19.4 Å². The van der Waals surface area contributed by atoms with E-state index in [4.69, 9.17) is 5.11 Å². The molecule has 1 aliphatic heterocycles. The second-order valence-corrected chi connectivity index (χ2v) is 3.83. The van der Waals surface area contributed by atoms with Crippen molar-refractivity contribution in [1.82, 2.24) is 9.88 Å². The van der Waals surface area contributed by atoms with Crippen LogP contribution in [0.4, 0.5) is 0 Å². The van der Waals surface area contributed by atoms with E-state index in [2.05, 4.69) is 9.88 Å². The first-order valence-electron chi connectivity index (χ1n) is 5.16. The minimum Gasteiger partial charge on any atom is -0.478 e. The summed E-state index contributed by atoms with van der Waals surface area (Å²) in [5.41, 5.74) is 1.20. The molecule has 2 rings (SSSR count). The molecule has 1 aromatic heterocycles. The molecule has 2 heterocycles. The molecule has 15 heavy (non-hydrogen) atoms. The van der Waals surface area contributed by atoms with Crippen molar-refractivity contribution in [1.29, 1.82) is 0 Å².